The quantitative estimate of drug-likeness (QED) is 0.423. The van der Waals surface area contributed by atoms with Crippen molar-refractivity contribution in [2.75, 3.05) is 0 Å². The van der Waals surface area contributed by atoms with E-state index < -0.39 is 0 Å². The van der Waals surface area contributed by atoms with Gasteiger partial charge in [0.25, 0.3) is 5.91 Å². The van der Waals surface area contributed by atoms with Gasteiger partial charge in [0.15, 0.2) is 11.0 Å². The average molecular weight is 426 g/mol. The maximum atomic E-state index is 13.0. The van der Waals surface area contributed by atoms with E-state index in [1.54, 1.807) is 36.5 Å². The van der Waals surface area contributed by atoms with Gasteiger partial charge in [-0.05, 0) is 31.2 Å². The number of fused-ring (bicyclic) bond motifs is 2. The van der Waals surface area contributed by atoms with Gasteiger partial charge in [-0.25, -0.2) is 4.98 Å². The summed E-state index contributed by atoms with van der Waals surface area (Å²) in [7, 11) is 0. The molecule has 0 aliphatic carbocycles. The zero-order valence-corrected chi connectivity index (χ0v) is 17.5. The molecule has 3 aromatic carbocycles. The molecule has 0 fully saturated rings. The average Bonchev–Trinajstić information content (AvgIpc) is 3.23. The highest BCUT2D eigenvalue weighted by atomic mass is 32.1. The first kappa shape index (κ1) is 19.2. The number of nitrogens with zero attached hydrogens (tertiary/aromatic N) is 1. The Morgan fingerprint density at radius 2 is 1.77 bits per heavy atom. The fourth-order valence-corrected chi connectivity index (χ4v) is 4.51. The SMILES string of the molecule is Cc1c(-c2ccccc2)oc2c(C(=O)NCc3nc4ccccc4s3)cccc2c1=O. The van der Waals surface area contributed by atoms with E-state index in [0.29, 0.717) is 34.4 Å². The molecule has 5 nitrogen and oxygen atoms in total. The summed E-state index contributed by atoms with van der Waals surface area (Å²) in [5.41, 5.74) is 2.71. The lowest BCUT2D eigenvalue weighted by molar-refractivity contribution is 0.0951. The van der Waals surface area contributed by atoms with E-state index in [0.717, 1.165) is 20.8 Å². The monoisotopic (exact) mass is 426 g/mol. The minimum Gasteiger partial charge on any atom is -0.455 e. The summed E-state index contributed by atoms with van der Waals surface area (Å²) < 4.78 is 7.21. The molecule has 0 aliphatic heterocycles. The zero-order chi connectivity index (χ0) is 21.4. The highest BCUT2D eigenvalue weighted by molar-refractivity contribution is 7.18. The largest absolute Gasteiger partial charge is 0.455 e. The van der Waals surface area contributed by atoms with Crippen molar-refractivity contribution in [3.63, 3.8) is 0 Å². The Bertz CT molecular complexity index is 1450. The number of amides is 1. The number of hydrogen-bond donors (Lipinski definition) is 1. The van der Waals surface area contributed by atoms with Crippen LogP contribution in [0.15, 0.2) is 82.0 Å². The number of rotatable bonds is 4. The summed E-state index contributed by atoms with van der Waals surface area (Å²) in [6.07, 6.45) is 0. The molecule has 0 spiro atoms. The topological polar surface area (TPSA) is 72.2 Å². The Morgan fingerprint density at radius 3 is 2.58 bits per heavy atom. The van der Waals surface area contributed by atoms with Crippen molar-refractivity contribution in [2.45, 2.75) is 13.5 Å². The molecule has 0 aliphatic rings. The van der Waals surface area contributed by atoms with Gasteiger partial charge in [-0.15, -0.1) is 11.3 Å². The Kier molecular flexibility index (Phi) is 4.84. The van der Waals surface area contributed by atoms with Crippen LogP contribution in [-0.2, 0) is 6.54 Å². The van der Waals surface area contributed by atoms with Gasteiger partial charge in [0.05, 0.1) is 27.7 Å². The molecule has 31 heavy (non-hydrogen) atoms. The van der Waals surface area contributed by atoms with Crippen LogP contribution in [0.25, 0.3) is 32.5 Å². The maximum Gasteiger partial charge on any atom is 0.255 e. The lowest BCUT2D eigenvalue weighted by Crippen LogP contribution is -2.23. The molecule has 0 radical (unpaired) electrons. The molecule has 152 valence electrons. The standard InChI is InChI=1S/C25H18N2O3S/c1-15-22(28)17-10-7-11-18(24(17)30-23(15)16-8-3-2-4-9-16)25(29)26-14-21-27-19-12-5-6-13-20(19)31-21/h2-13H,14H2,1H3,(H,26,29). The number of para-hydroxylation sites is 2. The summed E-state index contributed by atoms with van der Waals surface area (Å²) in [6.45, 7) is 2.05. The molecule has 0 saturated heterocycles. The molecular formula is C25H18N2O3S. The van der Waals surface area contributed by atoms with E-state index in [4.69, 9.17) is 4.42 Å². The van der Waals surface area contributed by atoms with Gasteiger partial charge in [-0.3, -0.25) is 9.59 Å². The molecular weight excluding hydrogens is 408 g/mol. The third-order valence-electron chi connectivity index (χ3n) is 5.16. The van der Waals surface area contributed by atoms with E-state index in [2.05, 4.69) is 10.3 Å². The predicted molar refractivity (Wildman–Crippen MR) is 123 cm³/mol. The Labute approximate surface area is 182 Å². The molecule has 1 amide bonds. The highest BCUT2D eigenvalue weighted by Gasteiger charge is 2.18. The molecule has 2 heterocycles. The molecule has 5 aromatic rings. The number of aromatic nitrogens is 1. The number of nitrogens with one attached hydrogen (secondary N) is 1. The fraction of sp³-hybridized carbons (Fsp3) is 0.0800. The summed E-state index contributed by atoms with van der Waals surface area (Å²) in [5, 5.41) is 4.12. The predicted octanol–water partition coefficient (Wildman–Crippen LogP) is 5.31. The second kappa shape index (κ2) is 7.81. The van der Waals surface area contributed by atoms with E-state index >= 15 is 0 Å². The lowest BCUT2D eigenvalue weighted by atomic mass is 10.0. The van der Waals surface area contributed by atoms with Gasteiger partial charge < -0.3 is 9.73 Å². The fourth-order valence-electron chi connectivity index (χ4n) is 3.60. The first-order chi connectivity index (χ1) is 15.1. The van der Waals surface area contributed by atoms with E-state index in [1.165, 1.54) is 0 Å². The molecule has 0 saturated carbocycles. The minimum absolute atomic E-state index is 0.138. The van der Waals surface area contributed by atoms with Crippen LogP contribution in [0.3, 0.4) is 0 Å². The van der Waals surface area contributed by atoms with Crippen molar-refractivity contribution in [2.24, 2.45) is 0 Å². The van der Waals surface area contributed by atoms with Gasteiger partial charge in [0.1, 0.15) is 10.8 Å². The lowest BCUT2D eigenvalue weighted by Gasteiger charge is -2.10. The van der Waals surface area contributed by atoms with Crippen LogP contribution < -0.4 is 10.7 Å². The van der Waals surface area contributed by atoms with Gasteiger partial charge in [-0.1, -0.05) is 48.5 Å². The van der Waals surface area contributed by atoms with Crippen molar-refractivity contribution in [1.29, 1.82) is 0 Å². The second-order valence-electron chi connectivity index (χ2n) is 7.19. The Morgan fingerprint density at radius 1 is 1.00 bits per heavy atom. The zero-order valence-electron chi connectivity index (χ0n) is 16.7. The van der Waals surface area contributed by atoms with Crippen LogP contribution in [0, 0.1) is 6.92 Å². The first-order valence-corrected chi connectivity index (χ1v) is 10.7. The van der Waals surface area contributed by atoms with Crippen LogP contribution >= 0.6 is 11.3 Å². The summed E-state index contributed by atoms with van der Waals surface area (Å²) in [6, 6.07) is 22.4. The summed E-state index contributed by atoms with van der Waals surface area (Å²) in [5.74, 6) is 0.167. The van der Waals surface area contributed by atoms with Crippen molar-refractivity contribution < 1.29 is 9.21 Å². The maximum absolute atomic E-state index is 13.0. The van der Waals surface area contributed by atoms with Gasteiger partial charge in [0.2, 0.25) is 0 Å². The first-order valence-electron chi connectivity index (χ1n) is 9.86. The number of thiazole rings is 1. The molecule has 0 bridgehead atoms. The van der Waals surface area contributed by atoms with Crippen LogP contribution in [-0.4, -0.2) is 10.9 Å². The normalized spacial score (nSPS) is 11.1. The van der Waals surface area contributed by atoms with Crippen molar-refractivity contribution in [3.8, 4) is 11.3 Å². The van der Waals surface area contributed by atoms with Gasteiger partial charge in [-0.2, -0.15) is 0 Å². The number of hydrogen-bond acceptors (Lipinski definition) is 5. The molecule has 1 N–H and O–H groups in total. The third-order valence-corrected chi connectivity index (χ3v) is 6.20. The van der Waals surface area contributed by atoms with Gasteiger partial charge >= 0.3 is 0 Å². The van der Waals surface area contributed by atoms with Gasteiger partial charge in [0, 0.05) is 11.1 Å². The number of carbonyl (C=O) groups is 1. The third kappa shape index (κ3) is 3.51. The molecule has 0 atom stereocenters. The Balaban J connectivity index is 1.52. The summed E-state index contributed by atoms with van der Waals surface area (Å²) in [4.78, 5) is 30.5. The van der Waals surface area contributed by atoms with Crippen molar-refractivity contribution >= 4 is 38.4 Å². The molecule has 0 unspecified atom stereocenters. The molecule has 5 rings (SSSR count). The van der Waals surface area contributed by atoms with E-state index in [-0.39, 0.29) is 11.3 Å². The highest BCUT2D eigenvalue weighted by Crippen LogP contribution is 2.27. The number of benzene rings is 3. The van der Waals surface area contributed by atoms with Crippen molar-refractivity contribution in [1.82, 2.24) is 10.3 Å². The minimum atomic E-state index is -0.309. The van der Waals surface area contributed by atoms with E-state index in [1.807, 2.05) is 54.6 Å². The van der Waals surface area contributed by atoms with Crippen molar-refractivity contribution in [3.05, 3.63) is 99.2 Å². The smallest absolute Gasteiger partial charge is 0.255 e. The van der Waals surface area contributed by atoms with Crippen LogP contribution in [0.5, 0.6) is 0 Å². The van der Waals surface area contributed by atoms with Crippen LogP contribution in [0.4, 0.5) is 0 Å². The Hall–Kier alpha value is -3.77. The van der Waals surface area contributed by atoms with Crippen LogP contribution in [0.1, 0.15) is 20.9 Å². The molecule has 6 heteroatoms. The molecule has 2 aromatic heterocycles. The second-order valence-corrected chi connectivity index (χ2v) is 8.31. The van der Waals surface area contributed by atoms with Crippen LogP contribution in [0.2, 0.25) is 0 Å². The summed E-state index contributed by atoms with van der Waals surface area (Å²) >= 11 is 1.54. The number of carbonyl (C=O) groups excluding carboxylic acids is 1. The van der Waals surface area contributed by atoms with E-state index in [9.17, 15) is 9.59 Å².